The van der Waals surface area contributed by atoms with Crippen molar-refractivity contribution in [1.29, 1.82) is 0 Å². The predicted octanol–water partition coefficient (Wildman–Crippen LogP) is 3.54. The number of hydrogen-bond acceptors (Lipinski definition) is 5. The maximum atomic E-state index is 10.9. The number of hydrogen-bond donors (Lipinski definition) is 2. The Morgan fingerprint density at radius 3 is 2.65 bits per heavy atom. The minimum atomic E-state index is -0.960. The molecule has 0 amide bonds. The van der Waals surface area contributed by atoms with E-state index in [4.69, 9.17) is 5.11 Å². The number of rotatable bonds is 4. The highest BCUT2D eigenvalue weighted by molar-refractivity contribution is 5.88. The van der Waals surface area contributed by atoms with E-state index in [2.05, 4.69) is 20.3 Å². The van der Waals surface area contributed by atoms with Gasteiger partial charge in [-0.2, -0.15) is 0 Å². The number of aromatic nitrogens is 4. The van der Waals surface area contributed by atoms with Crippen molar-refractivity contribution in [2.24, 2.45) is 0 Å². The molecule has 0 fully saturated rings. The summed E-state index contributed by atoms with van der Waals surface area (Å²) in [6, 6.07) is 14.1. The molecule has 0 spiro atoms. The van der Waals surface area contributed by atoms with Crippen LogP contribution in [0.15, 0.2) is 60.9 Å². The Morgan fingerprint density at radius 1 is 1.08 bits per heavy atom. The van der Waals surface area contributed by atoms with Gasteiger partial charge < -0.3 is 10.4 Å². The highest BCUT2D eigenvalue weighted by Gasteiger charge is 2.12. The van der Waals surface area contributed by atoms with Crippen molar-refractivity contribution in [3.63, 3.8) is 0 Å². The Morgan fingerprint density at radius 2 is 1.88 bits per heavy atom. The largest absolute Gasteiger partial charge is 0.478 e. The first-order chi connectivity index (χ1) is 12.6. The summed E-state index contributed by atoms with van der Waals surface area (Å²) < 4.78 is 1.99. The molecule has 7 nitrogen and oxygen atoms in total. The molecule has 128 valence electrons. The Labute approximate surface area is 149 Å². The molecule has 0 aliphatic carbocycles. The molecule has 26 heavy (non-hydrogen) atoms. The van der Waals surface area contributed by atoms with Gasteiger partial charge in [-0.05, 0) is 49.4 Å². The van der Waals surface area contributed by atoms with Crippen molar-refractivity contribution in [3.05, 3.63) is 72.2 Å². The normalized spacial score (nSPS) is 10.8. The number of carboxylic acid groups (broad SMARTS) is 1. The topological polar surface area (TPSA) is 92.4 Å². The van der Waals surface area contributed by atoms with Crippen LogP contribution < -0.4 is 5.32 Å². The molecule has 0 aliphatic rings. The van der Waals surface area contributed by atoms with E-state index < -0.39 is 5.97 Å². The second-order valence-electron chi connectivity index (χ2n) is 5.75. The third kappa shape index (κ3) is 2.86. The summed E-state index contributed by atoms with van der Waals surface area (Å²) in [4.78, 5) is 24.3. The van der Waals surface area contributed by atoms with Gasteiger partial charge in [0.25, 0.3) is 0 Å². The summed E-state index contributed by atoms with van der Waals surface area (Å²) in [5.74, 6) is -0.534. The molecule has 7 heteroatoms. The van der Waals surface area contributed by atoms with Gasteiger partial charge in [0.15, 0.2) is 0 Å². The molecular formula is C19H15N5O2. The monoisotopic (exact) mass is 345 g/mol. The van der Waals surface area contributed by atoms with Gasteiger partial charge in [-0.3, -0.25) is 4.40 Å². The number of fused-ring (bicyclic) bond motifs is 1. The quantitative estimate of drug-likeness (QED) is 0.588. The predicted molar refractivity (Wildman–Crippen MR) is 97.6 cm³/mol. The summed E-state index contributed by atoms with van der Waals surface area (Å²) in [5, 5.41) is 12.1. The highest BCUT2D eigenvalue weighted by atomic mass is 16.4. The van der Waals surface area contributed by atoms with Crippen LogP contribution in [0.3, 0.4) is 0 Å². The van der Waals surface area contributed by atoms with E-state index in [1.165, 1.54) is 12.1 Å². The van der Waals surface area contributed by atoms with Crippen LogP contribution in [0, 0.1) is 6.92 Å². The maximum Gasteiger partial charge on any atom is 0.335 e. The van der Waals surface area contributed by atoms with Crippen LogP contribution in [-0.2, 0) is 0 Å². The van der Waals surface area contributed by atoms with E-state index in [-0.39, 0.29) is 5.56 Å². The number of aryl methyl sites for hydroxylation is 1. The third-order valence-corrected chi connectivity index (χ3v) is 3.99. The standard InChI is InChI=1S/C19H15N5O2/c1-12-17(24-11-3-2-4-16(24)21-12)15-9-10-20-19(23-15)22-14-7-5-13(6-8-14)18(25)26/h2-11H,1H3,(H,25,26)(H,20,22,23). The molecule has 1 aromatic carbocycles. The minimum Gasteiger partial charge on any atom is -0.478 e. The Hall–Kier alpha value is -3.74. The average Bonchev–Trinajstić information content (AvgIpc) is 2.98. The van der Waals surface area contributed by atoms with Gasteiger partial charge in [-0.1, -0.05) is 6.07 Å². The van der Waals surface area contributed by atoms with Crippen molar-refractivity contribution >= 4 is 23.3 Å². The van der Waals surface area contributed by atoms with Crippen molar-refractivity contribution in [2.75, 3.05) is 5.32 Å². The minimum absolute atomic E-state index is 0.228. The number of benzene rings is 1. The van der Waals surface area contributed by atoms with Crippen molar-refractivity contribution < 1.29 is 9.90 Å². The summed E-state index contributed by atoms with van der Waals surface area (Å²) in [7, 11) is 0. The molecule has 0 bridgehead atoms. The van der Waals surface area contributed by atoms with Crippen molar-refractivity contribution in [3.8, 4) is 11.4 Å². The van der Waals surface area contributed by atoms with Gasteiger partial charge in [-0.25, -0.2) is 19.7 Å². The Balaban J connectivity index is 1.68. The summed E-state index contributed by atoms with van der Waals surface area (Å²) in [6.45, 7) is 1.95. The number of anilines is 2. The molecule has 0 unspecified atom stereocenters. The number of aromatic carboxylic acids is 1. The van der Waals surface area contributed by atoms with Gasteiger partial charge in [-0.15, -0.1) is 0 Å². The molecule has 0 saturated carbocycles. The van der Waals surface area contributed by atoms with E-state index in [9.17, 15) is 4.79 Å². The molecular weight excluding hydrogens is 330 g/mol. The Bertz CT molecular complexity index is 1100. The smallest absolute Gasteiger partial charge is 0.335 e. The molecule has 2 N–H and O–H groups in total. The summed E-state index contributed by atoms with van der Waals surface area (Å²) in [6.07, 6.45) is 3.63. The lowest BCUT2D eigenvalue weighted by atomic mass is 10.2. The first-order valence-corrected chi connectivity index (χ1v) is 7.99. The maximum absolute atomic E-state index is 10.9. The Kier molecular flexibility index (Phi) is 3.81. The molecule has 3 heterocycles. The molecule has 3 aromatic heterocycles. The van der Waals surface area contributed by atoms with E-state index in [1.54, 1.807) is 18.3 Å². The number of carbonyl (C=O) groups is 1. The first-order valence-electron chi connectivity index (χ1n) is 7.99. The lowest BCUT2D eigenvalue weighted by Crippen LogP contribution is -2.00. The van der Waals surface area contributed by atoms with Gasteiger partial charge in [0.1, 0.15) is 5.65 Å². The zero-order valence-electron chi connectivity index (χ0n) is 13.9. The third-order valence-electron chi connectivity index (χ3n) is 3.99. The number of pyridine rings is 1. The first kappa shape index (κ1) is 15.8. The second-order valence-corrected chi connectivity index (χ2v) is 5.75. The number of nitrogens with one attached hydrogen (secondary N) is 1. The average molecular weight is 345 g/mol. The van der Waals surface area contributed by atoms with Gasteiger partial charge >= 0.3 is 5.97 Å². The molecule has 4 aromatic rings. The molecule has 0 atom stereocenters. The molecule has 0 saturated heterocycles. The molecule has 0 aliphatic heterocycles. The lowest BCUT2D eigenvalue weighted by molar-refractivity contribution is 0.0697. The van der Waals surface area contributed by atoms with Crippen LogP contribution in [0.5, 0.6) is 0 Å². The fourth-order valence-electron chi connectivity index (χ4n) is 2.80. The molecule has 0 radical (unpaired) electrons. The SMILES string of the molecule is Cc1nc2ccccn2c1-c1ccnc(Nc2ccc(C(=O)O)cc2)n1. The van der Waals surface area contributed by atoms with Gasteiger partial charge in [0.2, 0.25) is 5.95 Å². The van der Waals surface area contributed by atoms with E-state index >= 15 is 0 Å². The van der Waals surface area contributed by atoms with Crippen LogP contribution in [0.1, 0.15) is 16.1 Å². The van der Waals surface area contributed by atoms with E-state index in [1.807, 2.05) is 41.8 Å². The van der Waals surface area contributed by atoms with Crippen LogP contribution in [-0.4, -0.2) is 30.4 Å². The van der Waals surface area contributed by atoms with Crippen LogP contribution in [0.25, 0.3) is 17.0 Å². The zero-order chi connectivity index (χ0) is 18.1. The van der Waals surface area contributed by atoms with Crippen LogP contribution in [0.2, 0.25) is 0 Å². The lowest BCUT2D eigenvalue weighted by Gasteiger charge is -2.07. The van der Waals surface area contributed by atoms with E-state index in [0.29, 0.717) is 11.6 Å². The molecule has 4 rings (SSSR count). The summed E-state index contributed by atoms with van der Waals surface area (Å²) in [5.41, 5.74) is 4.34. The van der Waals surface area contributed by atoms with Crippen molar-refractivity contribution in [2.45, 2.75) is 6.92 Å². The summed E-state index contributed by atoms with van der Waals surface area (Å²) >= 11 is 0. The van der Waals surface area contributed by atoms with Gasteiger partial charge in [0, 0.05) is 18.1 Å². The number of carboxylic acids is 1. The highest BCUT2D eigenvalue weighted by Crippen LogP contribution is 2.24. The van der Waals surface area contributed by atoms with Gasteiger partial charge in [0.05, 0.1) is 22.6 Å². The van der Waals surface area contributed by atoms with Crippen LogP contribution in [0.4, 0.5) is 11.6 Å². The van der Waals surface area contributed by atoms with Crippen LogP contribution >= 0.6 is 0 Å². The number of nitrogens with zero attached hydrogens (tertiary/aromatic N) is 4. The fraction of sp³-hybridized carbons (Fsp3) is 0.0526. The fourth-order valence-corrected chi connectivity index (χ4v) is 2.80. The van der Waals surface area contributed by atoms with Crippen molar-refractivity contribution in [1.82, 2.24) is 19.4 Å². The number of imidazole rings is 1. The van der Waals surface area contributed by atoms with E-state index in [0.717, 1.165) is 22.7 Å². The zero-order valence-corrected chi connectivity index (χ0v) is 13.9. The second kappa shape index (κ2) is 6.29.